The van der Waals surface area contributed by atoms with Gasteiger partial charge in [-0.2, -0.15) is 0 Å². The van der Waals surface area contributed by atoms with Gasteiger partial charge >= 0.3 is 0 Å². The van der Waals surface area contributed by atoms with Gasteiger partial charge in [0.15, 0.2) is 0 Å². The molecule has 120 valence electrons. The average Bonchev–Trinajstić information content (AvgIpc) is 2.62. The summed E-state index contributed by atoms with van der Waals surface area (Å²) in [5.74, 6) is 11.0. The molecule has 0 unspecified atom stereocenters. The summed E-state index contributed by atoms with van der Waals surface area (Å²) >= 11 is 0. The van der Waals surface area contributed by atoms with Gasteiger partial charge in [0.2, 0.25) is 0 Å². The number of hydrogen-bond donors (Lipinski definition) is 1. The van der Waals surface area contributed by atoms with Gasteiger partial charge < -0.3 is 5.11 Å². The number of aromatic hydroxyl groups is 1. The molecular weight excluding hydrogens is 318 g/mol. The van der Waals surface area contributed by atoms with Gasteiger partial charge in [0.25, 0.3) is 0 Å². The molecule has 0 saturated carbocycles. The first kappa shape index (κ1) is 16.3. The Hall–Kier alpha value is -3.56. The molecule has 25 heavy (non-hydrogen) atoms. The van der Waals surface area contributed by atoms with E-state index in [4.69, 9.17) is 0 Å². The molecule has 0 amide bonds. The van der Waals surface area contributed by atoms with Gasteiger partial charge in [-0.25, -0.2) is 8.78 Å². The predicted molar refractivity (Wildman–Crippen MR) is 92.9 cm³/mol. The van der Waals surface area contributed by atoms with Crippen LogP contribution in [0.1, 0.15) is 22.3 Å². The first-order chi connectivity index (χ1) is 12.1. The fraction of sp³-hybridized carbons (Fsp3) is 0. The minimum Gasteiger partial charge on any atom is -0.507 e. The van der Waals surface area contributed by atoms with E-state index >= 15 is 0 Å². The fourth-order valence-corrected chi connectivity index (χ4v) is 2.12. The smallest absolute Gasteiger partial charge is 0.132 e. The first-order valence-corrected chi connectivity index (χ1v) is 7.49. The third-order valence-electron chi connectivity index (χ3n) is 3.40. The molecule has 0 aliphatic carbocycles. The molecular formula is C22H12F2O. The van der Waals surface area contributed by atoms with E-state index in [-0.39, 0.29) is 17.4 Å². The van der Waals surface area contributed by atoms with Crippen LogP contribution >= 0.6 is 0 Å². The van der Waals surface area contributed by atoms with Crippen molar-refractivity contribution in [2.75, 3.05) is 0 Å². The van der Waals surface area contributed by atoms with Crippen molar-refractivity contribution >= 4 is 0 Å². The van der Waals surface area contributed by atoms with Crippen molar-refractivity contribution in [3.8, 4) is 29.4 Å². The Bertz CT molecular complexity index is 1010. The molecule has 1 N–H and O–H groups in total. The van der Waals surface area contributed by atoms with E-state index in [9.17, 15) is 13.9 Å². The minimum atomic E-state index is -0.334. The summed E-state index contributed by atoms with van der Waals surface area (Å²) in [7, 11) is 0. The molecule has 0 aromatic heterocycles. The van der Waals surface area contributed by atoms with Gasteiger partial charge in [-0.3, -0.25) is 0 Å². The fourth-order valence-electron chi connectivity index (χ4n) is 2.12. The number of phenols is 1. The van der Waals surface area contributed by atoms with Gasteiger partial charge in [-0.15, -0.1) is 0 Å². The Kier molecular flexibility index (Phi) is 4.79. The lowest BCUT2D eigenvalue weighted by Crippen LogP contribution is -1.86. The van der Waals surface area contributed by atoms with E-state index in [0.29, 0.717) is 22.3 Å². The Morgan fingerprint density at radius 1 is 0.600 bits per heavy atom. The van der Waals surface area contributed by atoms with Crippen LogP contribution in [0.4, 0.5) is 8.78 Å². The normalized spacial score (nSPS) is 9.52. The Labute approximate surface area is 144 Å². The summed E-state index contributed by atoms with van der Waals surface area (Å²) in [5, 5.41) is 10.1. The molecule has 3 heteroatoms. The molecule has 0 fully saturated rings. The van der Waals surface area contributed by atoms with Crippen LogP contribution in [0.15, 0.2) is 66.7 Å². The Morgan fingerprint density at radius 3 is 1.68 bits per heavy atom. The van der Waals surface area contributed by atoms with Crippen LogP contribution in [0.25, 0.3) is 0 Å². The van der Waals surface area contributed by atoms with E-state index in [2.05, 4.69) is 23.7 Å². The van der Waals surface area contributed by atoms with Crippen molar-refractivity contribution < 1.29 is 13.9 Å². The summed E-state index contributed by atoms with van der Waals surface area (Å²) in [6, 6.07) is 16.5. The molecule has 1 nitrogen and oxygen atoms in total. The molecule has 3 aromatic carbocycles. The van der Waals surface area contributed by atoms with Gasteiger partial charge in [0, 0.05) is 16.7 Å². The maximum absolute atomic E-state index is 12.9. The number of benzene rings is 3. The topological polar surface area (TPSA) is 20.2 Å². The first-order valence-electron chi connectivity index (χ1n) is 7.49. The second kappa shape index (κ2) is 7.34. The SMILES string of the molecule is Oc1cccc(C#Cc2ccc(F)cc2)c1C#Cc1ccc(F)cc1. The Balaban J connectivity index is 1.96. The molecule has 0 atom stereocenters. The monoisotopic (exact) mass is 330 g/mol. The second-order valence-electron chi connectivity index (χ2n) is 5.21. The highest BCUT2D eigenvalue weighted by atomic mass is 19.1. The van der Waals surface area contributed by atoms with Crippen molar-refractivity contribution in [3.63, 3.8) is 0 Å². The minimum absolute atomic E-state index is 0.0144. The highest BCUT2D eigenvalue weighted by molar-refractivity contribution is 5.59. The second-order valence-corrected chi connectivity index (χ2v) is 5.21. The van der Waals surface area contributed by atoms with Crippen LogP contribution < -0.4 is 0 Å². The highest BCUT2D eigenvalue weighted by Gasteiger charge is 2.03. The third-order valence-corrected chi connectivity index (χ3v) is 3.40. The lowest BCUT2D eigenvalue weighted by Gasteiger charge is -2.00. The zero-order valence-electron chi connectivity index (χ0n) is 13.1. The van der Waals surface area contributed by atoms with Crippen LogP contribution in [0.2, 0.25) is 0 Å². The van der Waals surface area contributed by atoms with Gasteiger partial charge in [-0.1, -0.05) is 29.7 Å². The molecule has 0 radical (unpaired) electrons. The van der Waals surface area contributed by atoms with Crippen molar-refractivity contribution in [3.05, 3.63) is 101 Å². The highest BCUT2D eigenvalue weighted by Crippen LogP contribution is 2.19. The summed E-state index contributed by atoms with van der Waals surface area (Å²) < 4.78 is 25.9. The zero-order valence-corrected chi connectivity index (χ0v) is 13.1. The molecule has 0 heterocycles. The van der Waals surface area contributed by atoms with Crippen molar-refractivity contribution in [2.24, 2.45) is 0 Å². The summed E-state index contributed by atoms with van der Waals surface area (Å²) in [5.41, 5.74) is 2.23. The van der Waals surface area contributed by atoms with Crippen LogP contribution in [0.3, 0.4) is 0 Å². The lowest BCUT2D eigenvalue weighted by atomic mass is 10.1. The van der Waals surface area contributed by atoms with E-state index in [1.54, 1.807) is 36.4 Å². The summed E-state index contributed by atoms with van der Waals surface area (Å²) in [6.07, 6.45) is 0. The molecule has 0 aliphatic rings. The molecule has 0 spiro atoms. The van der Waals surface area contributed by atoms with E-state index < -0.39 is 0 Å². The van der Waals surface area contributed by atoms with Crippen LogP contribution in [0.5, 0.6) is 5.75 Å². The van der Waals surface area contributed by atoms with E-state index in [1.807, 2.05) is 0 Å². The largest absolute Gasteiger partial charge is 0.507 e. The van der Waals surface area contributed by atoms with E-state index in [1.165, 1.54) is 30.3 Å². The zero-order chi connectivity index (χ0) is 17.6. The number of phenolic OH excluding ortho intramolecular Hbond substituents is 1. The van der Waals surface area contributed by atoms with Crippen LogP contribution in [0, 0.1) is 35.3 Å². The predicted octanol–water partition coefficient (Wildman–Crippen LogP) is 4.47. The van der Waals surface area contributed by atoms with Crippen molar-refractivity contribution in [1.29, 1.82) is 0 Å². The average molecular weight is 330 g/mol. The molecule has 0 aliphatic heterocycles. The maximum atomic E-state index is 12.9. The third kappa shape index (κ3) is 4.25. The lowest BCUT2D eigenvalue weighted by molar-refractivity contribution is 0.473. The molecule has 3 rings (SSSR count). The van der Waals surface area contributed by atoms with Crippen LogP contribution in [-0.4, -0.2) is 5.11 Å². The van der Waals surface area contributed by atoms with Crippen molar-refractivity contribution in [2.45, 2.75) is 0 Å². The summed E-state index contributed by atoms with van der Waals surface area (Å²) in [4.78, 5) is 0. The number of hydrogen-bond acceptors (Lipinski definition) is 1. The van der Waals surface area contributed by atoms with Gasteiger partial charge in [0.05, 0.1) is 5.56 Å². The molecule has 0 saturated heterocycles. The quantitative estimate of drug-likeness (QED) is 0.603. The maximum Gasteiger partial charge on any atom is 0.132 e. The van der Waals surface area contributed by atoms with Gasteiger partial charge in [0.1, 0.15) is 17.4 Å². The van der Waals surface area contributed by atoms with Gasteiger partial charge in [-0.05, 0) is 60.7 Å². The molecule has 0 bridgehead atoms. The van der Waals surface area contributed by atoms with Crippen molar-refractivity contribution in [1.82, 2.24) is 0 Å². The van der Waals surface area contributed by atoms with Crippen LogP contribution in [-0.2, 0) is 0 Å². The number of rotatable bonds is 0. The Morgan fingerprint density at radius 2 is 1.12 bits per heavy atom. The number of halogens is 2. The summed E-state index contributed by atoms with van der Waals surface area (Å²) in [6.45, 7) is 0. The van der Waals surface area contributed by atoms with E-state index in [0.717, 1.165) is 0 Å². The standard InChI is InChI=1S/C22H12F2O/c23-19-11-5-16(6-12-19)4-10-18-2-1-3-22(25)21(18)15-9-17-7-13-20(24)14-8-17/h1-3,5-8,11-14,25H. The molecule has 3 aromatic rings.